The highest BCUT2D eigenvalue weighted by Gasteiger charge is 2.07. The standard InChI is InChI=1S/C10H22N4O/c1-4-12-9(14-8-11-3)6-7-10(15)13-5-2/h8-9,12H,4-7H2,1-3H3,(H,11,14)(H,13,15). The van der Waals surface area contributed by atoms with Crippen LogP contribution in [0.25, 0.3) is 0 Å². The van der Waals surface area contributed by atoms with Gasteiger partial charge < -0.3 is 10.6 Å². The second kappa shape index (κ2) is 9.45. The Balaban J connectivity index is 3.84. The Kier molecular flexibility index (Phi) is 8.76. The first-order valence-corrected chi connectivity index (χ1v) is 5.43. The Morgan fingerprint density at radius 1 is 1.40 bits per heavy atom. The SMILES string of the molecule is CCNC(=O)CCC(/N=C\NC)NCC. The van der Waals surface area contributed by atoms with E-state index in [4.69, 9.17) is 0 Å². The number of hydrogen-bond donors (Lipinski definition) is 3. The van der Waals surface area contributed by atoms with E-state index in [1.54, 1.807) is 13.4 Å². The number of carbonyl (C=O) groups is 1. The molecule has 1 unspecified atom stereocenters. The van der Waals surface area contributed by atoms with Gasteiger partial charge in [0.1, 0.15) is 6.17 Å². The van der Waals surface area contributed by atoms with Crippen molar-refractivity contribution in [2.75, 3.05) is 20.1 Å². The van der Waals surface area contributed by atoms with E-state index in [1.807, 2.05) is 13.8 Å². The molecule has 0 saturated carbocycles. The van der Waals surface area contributed by atoms with E-state index in [2.05, 4.69) is 20.9 Å². The van der Waals surface area contributed by atoms with Gasteiger partial charge in [-0.05, 0) is 19.9 Å². The molecule has 0 fully saturated rings. The average Bonchev–Trinajstić information content (AvgIpc) is 2.22. The van der Waals surface area contributed by atoms with Gasteiger partial charge in [0, 0.05) is 20.0 Å². The van der Waals surface area contributed by atoms with E-state index in [1.165, 1.54) is 0 Å². The van der Waals surface area contributed by atoms with Gasteiger partial charge in [-0.1, -0.05) is 6.92 Å². The summed E-state index contributed by atoms with van der Waals surface area (Å²) in [6, 6.07) is 0. The van der Waals surface area contributed by atoms with Crippen LogP contribution in [0.1, 0.15) is 26.7 Å². The third kappa shape index (κ3) is 7.93. The van der Waals surface area contributed by atoms with Gasteiger partial charge in [0.15, 0.2) is 0 Å². The Labute approximate surface area is 91.7 Å². The largest absolute Gasteiger partial charge is 0.379 e. The molecule has 0 radical (unpaired) electrons. The molecule has 0 saturated heterocycles. The average molecular weight is 214 g/mol. The highest BCUT2D eigenvalue weighted by atomic mass is 16.1. The van der Waals surface area contributed by atoms with E-state index in [0.717, 1.165) is 13.0 Å². The highest BCUT2D eigenvalue weighted by molar-refractivity contribution is 5.75. The van der Waals surface area contributed by atoms with Crippen molar-refractivity contribution in [2.45, 2.75) is 32.9 Å². The van der Waals surface area contributed by atoms with E-state index in [9.17, 15) is 4.79 Å². The summed E-state index contributed by atoms with van der Waals surface area (Å²) in [5.74, 6) is 0.0834. The summed E-state index contributed by atoms with van der Waals surface area (Å²) < 4.78 is 0. The quantitative estimate of drug-likeness (QED) is 0.396. The Morgan fingerprint density at radius 2 is 2.13 bits per heavy atom. The normalized spacial score (nSPS) is 12.7. The molecule has 3 N–H and O–H groups in total. The zero-order valence-corrected chi connectivity index (χ0v) is 9.84. The zero-order chi connectivity index (χ0) is 11.5. The molecule has 88 valence electrons. The van der Waals surface area contributed by atoms with Crippen molar-refractivity contribution in [1.29, 1.82) is 0 Å². The van der Waals surface area contributed by atoms with Crippen LogP contribution in [0.2, 0.25) is 0 Å². The summed E-state index contributed by atoms with van der Waals surface area (Å²) in [6.45, 7) is 5.47. The molecule has 0 aliphatic heterocycles. The molecule has 0 aromatic carbocycles. The Morgan fingerprint density at radius 3 is 2.67 bits per heavy atom. The van der Waals surface area contributed by atoms with Crippen LogP contribution < -0.4 is 16.0 Å². The molecule has 15 heavy (non-hydrogen) atoms. The van der Waals surface area contributed by atoms with Crippen molar-refractivity contribution in [3.8, 4) is 0 Å². The summed E-state index contributed by atoms with van der Waals surface area (Å²) in [5, 5.41) is 8.80. The van der Waals surface area contributed by atoms with Crippen molar-refractivity contribution >= 4 is 12.2 Å². The molecule has 0 aromatic heterocycles. The fourth-order valence-electron chi connectivity index (χ4n) is 1.18. The van der Waals surface area contributed by atoms with Crippen LogP contribution in [-0.4, -0.2) is 38.5 Å². The van der Waals surface area contributed by atoms with Gasteiger partial charge in [-0.25, -0.2) is 0 Å². The van der Waals surface area contributed by atoms with Gasteiger partial charge in [-0.2, -0.15) is 0 Å². The number of carbonyl (C=O) groups excluding carboxylic acids is 1. The van der Waals surface area contributed by atoms with Crippen molar-refractivity contribution in [3.63, 3.8) is 0 Å². The Hall–Kier alpha value is -1.10. The maximum atomic E-state index is 11.2. The van der Waals surface area contributed by atoms with Gasteiger partial charge >= 0.3 is 0 Å². The molecular weight excluding hydrogens is 192 g/mol. The van der Waals surface area contributed by atoms with E-state index in [-0.39, 0.29) is 12.1 Å². The number of hydrogen-bond acceptors (Lipinski definition) is 3. The van der Waals surface area contributed by atoms with Crippen LogP contribution in [0.5, 0.6) is 0 Å². The number of nitrogens with zero attached hydrogens (tertiary/aromatic N) is 1. The molecule has 0 heterocycles. The van der Waals surface area contributed by atoms with Gasteiger partial charge in [0.25, 0.3) is 0 Å². The smallest absolute Gasteiger partial charge is 0.220 e. The Bertz CT molecular complexity index is 194. The van der Waals surface area contributed by atoms with Crippen LogP contribution in [-0.2, 0) is 4.79 Å². The predicted octanol–water partition coefficient (Wildman–Crippen LogP) is 0.0860. The van der Waals surface area contributed by atoms with Crippen LogP contribution in [0, 0.1) is 0 Å². The monoisotopic (exact) mass is 214 g/mol. The van der Waals surface area contributed by atoms with Crippen molar-refractivity contribution < 1.29 is 4.79 Å². The van der Waals surface area contributed by atoms with Gasteiger partial charge in [0.2, 0.25) is 5.91 Å². The van der Waals surface area contributed by atoms with Gasteiger partial charge in [-0.3, -0.25) is 15.1 Å². The second-order valence-electron chi connectivity index (χ2n) is 3.13. The lowest BCUT2D eigenvalue weighted by atomic mass is 10.2. The fourth-order valence-corrected chi connectivity index (χ4v) is 1.18. The number of aliphatic imine (C=N–C) groups is 1. The molecule has 1 amide bonds. The lowest BCUT2D eigenvalue weighted by Crippen LogP contribution is -2.30. The second-order valence-corrected chi connectivity index (χ2v) is 3.13. The first-order valence-electron chi connectivity index (χ1n) is 5.43. The summed E-state index contributed by atoms with van der Waals surface area (Å²) >= 11 is 0. The molecule has 0 aliphatic carbocycles. The third-order valence-electron chi connectivity index (χ3n) is 1.84. The lowest BCUT2D eigenvalue weighted by molar-refractivity contribution is -0.121. The molecule has 1 atom stereocenters. The zero-order valence-electron chi connectivity index (χ0n) is 9.84. The molecule has 0 spiro atoms. The highest BCUT2D eigenvalue weighted by Crippen LogP contribution is 1.98. The minimum Gasteiger partial charge on any atom is -0.379 e. The lowest BCUT2D eigenvalue weighted by Gasteiger charge is -2.12. The van der Waals surface area contributed by atoms with Crippen LogP contribution in [0.3, 0.4) is 0 Å². The maximum Gasteiger partial charge on any atom is 0.220 e. The number of amides is 1. The summed E-state index contributed by atoms with van der Waals surface area (Å²) in [5.41, 5.74) is 0. The van der Waals surface area contributed by atoms with E-state index < -0.39 is 0 Å². The molecule has 0 rings (SSSR count). The van der Waals surface area contributed by atoms with Crippen molar-refractivity contribution in [2.24, 2.45) is 4.99 Å². The maximum absolute atomic E-state index is 11.2. The molecule has 0 aliphatic rings. The van der Waals surface area contributed by atoms with Gasteiger partial charge in [0.05, 0.1) is 6.34 Å². The topological polar surface area (TPSA) is 65.5 Å². The fraction of sp³-hybridized carbons (Fsp3) is 0.800. The summed E-state index contributed by atoms with van der Waals surface area (Å²) in [7, 11) is 1.80. The number of nitrogens with one attached hydrogen (secondary N) is 3. The van der Waals surface area contributed by atoms with Crippen molar-refractivity contribution in [3.05, 3.63) is 0 Å². The van der Waals surface area contributed by atoms with E-state index >= 15 is 0 Å². The summed E-state index contributed by atoms with van der Waals surface area (Å²) in [6.07, 6.45) is 2.89. The minimum atomic E-state index is 0.0186. The van der Waals surface area contributed by atoms with Crippen molar-refractivity contribution in [1.82, 2.24) is 16.0 Å². The molecule has 0 aromatic rings. The first kappa shape index (κ1) is 13.9. The van der Waals surface area contributed by atoms with Crippen LogP contribution >= 0.6 is 0 Å². The van der Waals surface area contributed by atoms with E-state index in [0.29, 0.717) is 13.0 Å². The van der Waals surface area contributed by atoms with Gasteiger partial charge in [-0.15, -0.1) is 0 Å². The predicted molar refractivity (Wildman–Crippen MR) is 62.9 cm³/mol. The molecular formula is C10H22N4O. The third-order valence-corrected chi connectivity index (χ3v) is 1.84. The van der Waals surface area contributed by atoms with Crippen LogP contribution in [0.15, 0.2) is 4.99 Å². The minimum absolute atomic E-state index is 0.0186. The molecule has 5 nitrogen and oxygen atoms in total. The van der Waals surface area contributed by atoms with Crippen LogP contribution in [0.4, 0.5) is 0 Å². The summed E-state index contributed by atoms with van der Waals surface area (Å²) in [4.78, 5) is 15.5. The number of rotatable bonds is 8. The first-order chi connectivity index (χ1) is 7.24. The molecule has 0 bridgehead atoms. The molecule has 5 heteroatoms.